The van der Waals surface area contributed by atoms with Crippen molar-refractivity contribution >= 4 is 11.6 Å². The van der Waals surface area contributed by atoms with Crippen molar-refractivity contribution in [2.24, 2.45) is 5.92 Å². The van der Waals surface area contributed by atoms with E-state index in [9.17, 15) is 9.90 Å². The molecule has 112 valence electrons. The molecule has 4 N–H and O–H groups in total. The largest absolute Gasteiger partial charge is 0.495 e. The number of nitrogens with two attached hydrogens (primary N) is 1. The molecular formula is C15H24N2O3. The lowest BCUT2D eigenvalue weighted by Crippen LogP contribution is -2.41. The zero-order valence-electron chi connectivity index (χ0n) is 12.6. The second kappa shape index (κ2) is 6.61. The van der Waals surface area contributed by atoms with Crippen LogP contribution in [0.3, 0.4) is 0 Å². The van der Waals surface area contributed by atoms with E-state index >= 15 is 0 Å². The molecule has 0 aliphatic rings. The van der Waals surface area contributed by atoms with Crippen molar-refractivity contribution in [3.63, 3.8) is 0 Å². The average molecular weight is 280 g/mol. The number of carbonyl (C=O) groups is 1. The fraction of sp³-hybridized carbons (Fsp3) is 0.533. The molecule has 1 rings (SSSR count). The quantitative estimate of drug-likeness (QED) is 0.694. The highest BCUT2D eigenvalue weighted by Crippen LogP contribution is 2.22. The van der Waals surface area contributed by atoms with Crippen LogP contribution in [0.1, 0.15) is 37.6 Å². The molecule has 0 saturated carbocycles. The highest BCUT2D eigenvalue weighted by atomic mass is 16.5. The first-order valence-electron chi connectivity index (χ1n) is 6.69. The van der Waals surface area contributed by atoms with Gasteiger partial charge in [-0.15, -0.1) is 0 Å². The van der Waals surface area contributed by atoms with Crippen molar-refractivity contribution in [3.8, 4) is 5.75 Å². The van der Waals surface area contributed by atoms with Crippen molar-refractivity contribution in [2.45, 2.75) is 32.8 Å². The Labute approximate surface area is 120 Å². The number of nitrogens with one attached hydrogen (secondary N) is 1. The standard InChI is InChI=1S/C15H24N2O3/c1-10(2)8-15(3,19)9-17-14(18)11-5-6-13(20-4)12(16)7-11/h5-7,10,19H,8-9,16H2,1-4H3,(H,17,18). The lowest BCUT2D eigenvalue weighted by atomic mass is 9.94. The van der Waals surface area contributed by atoms with E-state index in [0.717, 1.165) is 0 Å². The van der Waals surface area contributed by atoms with Gasteiger partial charge in [0.2, 0.25) is 0 Å². The third-order valence-corrected chi connectivity index (χ3v) is 2.97. The molecule has 5 heteroatoms. The van der Waals surface area contributed by atoms with Crippen LogP contribution >= 0.6 is 0 Å². The SMILES string of the molecule is COc1ccc(C(=O)NCC(C)(O)CC(C)C)cc1N. The Morgan fingerprint density at radius 3 is 2.65 bits per heavy atom. The van der Waals surface area contributed by atoms with Crippen LogP contribution in [-0.4, -0.2) is 30.3 Å². The lowest BCUT2D eigenvalue weighted by Gasteiger charge is -2.25. The zero-order chi connectivity index (χ0) is 15.3. The van der Waals surface area contributed by atoms with Crippen molar-refractivity contribution in [2.75, 3.05) is 19.4 Å². The van der Waals surface area contributed by atoms with E-state index < -0.39 is 5.60 Å². The Kier molecular flexibility index (Phi) is 5.39. The van der Waals surface area contributed by atoms with Gasteiger partial charge >= 0.3 is 0 Å². The van der Waals surface area contributed by atoms with Crippen LogP contribution in [-0.2, 0) is 0 Å². The van der Waals surface area contributed by atoms with Gasteiger partial charge in [-0.05, 0) is 37.5 Å². The number of amides is 1. The maximum absolute atomic E-state index is 12.0. The molecule has 0 aliphatic carbocycles. The minimum Gasteiger partial charge on any atom is -0.495 e. The van der Waals surface area contributed by atoms with Gasteiger partial charge in [0.25, 0.3) is 5.91 Å². The number of hydrogen-bond donors (Lipinski definition) is 3. The highest BCUT2D eigenvalue weighted by Gasteiger charge is 2.22. The molecule has 0 radical (unpaired) electrons. The molecule has 1 aromatic carbocycles. The monoisotopic (exact) mass is 280 g/mol. The molecular weight excluding hydrogens is 256 g/mol. The number of rotatable bonds is 6. The van der Waals surface area contributed by atoms with Gasteiger partial charge in [0, 0.05) is 12.1 Å². The minimum atomic E-state index is -0.915. The summed E-state index contributed by atoms with van der Waals surface area (Å²) in [5.41, 5.74) is 5.71. The average Bonchev–Trinajstić information content (AvgIpc) is 2.34. The molecule has 0 aliphatic heterocycles. The summed E-state index contributed by atoms with van der Waals surface area (Å²) in [6.45, 7) is 5.98. The van der Waals surface area contributed by atoms with Gasteiger partial charge < -0.3 is 20.9 Å². The minimum absolute atomic E-state index is 0.204. The van der Waals surface area contributed by atoms with Crippen LogP contribution in [0.25, 0.3) is 0 Å². The summed E-state index contributed by atoms with van der Waals surface area (Å²) in [5.74, 6) is 0.635. The molecule has 0 bridgehead atoms. The summed E-state index contributed by atoms with van der Waals surface area (Å²) in [4.78, 5) is 12.0. The normalized spacial score (nSPS) is 13.9. The predicted molar refractivity (Wildman–Crippen MR) is 79.8 cm³/mol. The van der Waals surface area contributed by atoms with Gasteiger partial charge in [-0.2, -0.15) is 0 Å². The number of anilines is 1. The van der Waals surface area contributed by atoms with E-state index in [4.69, 9.17) is 10.5 Å². The zero-order valence-corrected chi connectivity index (χ0v) is 12.6. The van der Waals surface area contributed by atoms with Gasteiger partial charge in [-0.1, -0.05) is 13.8 Å². The molecule has 1 aromatic rings. The molecule has 0 heterocycles. The van der Waals surface area contributed by atoms with Crippen molar-refractivity contribution in [1.82, 2.24) is 5.32 Å². The van der Waals surface area contributed by atoms with E-state index in [0.29, 0.717) is 29.3 Å². The van der Waals surface area contributed by atoms with Crippen molar-refractivity contribution in [1.29, 1.82) is 0 Å². The van der Waals surface area contributed by atoms with E-state index in [1.54, 1.807) is 25.1 Å². The first-order chi connectivity index (χ1) is 9.25. The number of ether oxygens (including phenoxy) is 1. The van der Waals surface area contributed by atoms with Crippen molar-refractivity contribution < 1.29 is 14.6 Å². The number of benzene rings is 1. The van der Waals surface area contributed by atoms with E-state index in [1.807, 2.05) is 13.8 Å². The maximum Gasteiger partial charge on any atom is 0.251 e. The number of nitrogen functional groups attached to an aromatic ring is 1. The first kappa shape index (κ1) is 16.3. The molecule has 1 amide bonds. The molecule has 5 nitrogen and oxygen atoms in total. The molecule has 0 fully saturated rings. The van der Waals surface area contributed by atoms with Crippen molar-refractivity contribution in [3.05, 3.63) is 23.8 Å². The van der Waals surface area contributed by atoms with E-state index in [-0.39, 0.29) is 12.5 Å². The van der Waals surface area contributed by atoms with Gasteiger partial charge in [0.05, 0.1) is 18.4 Å². The third-order valence-electron chi connectivity index (χ3n) is 2.97. The Bertz CT molecular complexity index is 470. The summed E-state index contributed by atoms with van der Waals surface area (Å²) in [6, 6.07) is 4.85. The van der Waals surface area contributed by atoms with Gasteiger partial charge in [0.15, 0.2) is 0 Å². The second-order valence-electron chi connectivity index (χ2n) is 5.73. The Balaban J connectivity index is 2.65. The Hall–Kier alpha value is -1.75. The van der Waals surface area contributed by atoms with Crippen LogP contribution in [0.15, 0.2) is 18.2 Å². The summed E-state index contributed by atoms with van der Waals surface area (Å²) in [6.07, 6.45) is 0.623. The molecule has 0 saturated heterocycles. The Morgan fingerprint density at radius 1 is 1.50 bits per heavy atom. The van der Waals surface area contributed by atoms with E-state index in [1.165, 1.54) is 7.11 Å². The summed E-state index contributed by atoms with van der Waals surface area (Å²) >= 11 is 0. The van der Waals surface area contributed by atoms with Crippen LogP contribution in [0.4, 0.5) is 5.69 Å². The summed E-state index contributed by atoms with van der Waals surface area (Å²) < 4.78 is 5.04. The number of aliphatic hydroxyl groups is 1. The van der Waals surface area contributed by atoms with Crippen LogP contribution in [0.5, 0.6) is 5.75 Å². The van der Waals surface area contributed by atoms with Gasteiger partial charge in [-0.25, -0.2) is 0 Å². The van der Waals surface area contributed by atoms with E-state index in [2.05, 4.69) is 5.32 Å². The number of methoxy groups -OCH3 is 1. The van der Waals surface area contributed by atoms with Gasteiger partial charge in [0.1, 0.15) is 5.75 Å². The number of carbonyl (C=O) groups excluding carboxylic acids is 1. The number of hydrogen-bond acceptors (Lipinski definition) is 4. The van der Waals surface area contributed by atoms with Crippen LogP contribution in [0, 0.1) is 5.92 Å². The maximum atomic E-state index is 12.0. The fourth-order valence-corrected chi connectivity index (χ4v) is 2.20. The highest BCUT2D eigenvalue weighted by molar-refractivity contribution is 5.95. The predicted octanol–water partition coefficient (Wildman–Crippen LogP) is 1.80. The molecule has 1 unspecified atom stereocenters. The smallest absolute Gasteiger partial charge is 0.251 e. The van der Waals surface area contributed by atoms with Gasteiger partial charge in [-0.3, -0.25) is 4.79 Å². The topological polar surface area (TPSA) is 84.6 Å². The molecule has 0 spiro atoms. The summed E-state index contributed by atoms with van der Waals surface area (Å²) in [7, 11) is 1.52. The molecule has 20 heavy (non-hydrogen) atoms. The summed E-state index contributed by atoms with van der Waals surface area (Å²) in [5, 5.41) is 12.9. The van der Waals surface area contributed by atoms with Crippen LogP contribution < -0.4 is 15.8 Å². The van der Waals surface area contributed by atoms with Crippen LogP contribution in [0.2, 0.25) is 0 Å². The lowest BCUT2D eigenvalue weighted by molar-refractivity contribution is 0.0368. The molecule has 1 atom stereocenters. The first-order valence-corrected chi connectivity index (χ1v) is 6.69. The second-order valence-corrected chi connectivity index (χ2v) is 5.73. The molecule has 0 aromatic heterocycles. The Morgan fingerprint density at radius 2 is 2.15 bits per heavy atom. The third kappa shape index (κ3) is 4.74. The fourth-order valence-electron chi connectivity index (χ4n) is 2.20.